The lowest BCUT2D eigenvalue weighted by molar-refractivity contribution is 0.426. The fourth-order valence-electron chi connectivity index (χ4n) is 4.24. The second-order valence-electron chi connectivity index (χ2n) is 6.75. The Hall–Kier alpha value is -1.35. The largest absolute Gasteiger partial charge is 0.297 e. The quantitative estimate of drug-likeness (QED) is 0.534. The van der Waals surface area contributed by atoms with E-state index in [0.717, 1.165) is 11.8 Å². The fraction of sp³-hybridized carbons (Fsp3) is 0.450. The van der Waals surface area contributed by atoms with E-state index in [9.17, 15) is 0 Å². The minimum Gasteiger partial charge on any atom is -0.297 e. The van der Waals surface area contributed by atoms with E-state index >= 15 is 0 Å². The average Bonchev–Trinajstić information content (AvgIpc) is 2.92. The van der Waals surface area contributed by atoms with Gasteiger partial charge in [0.15, 0.2) is 0 Å². The number of hydrogen-bond acceptors (Lipinski definition) is 1. The first kappa shape index (κ1) is 15.2. The van der Waals surface area contributed by atoms with Crippen LogP contribution in [0.2, 0.25) is 0 Å². The van der Waals surface area contributed by atoms with Crippen LogP contribution in [0.25, 0.3) is 16.4 Å². The van der Waals surface area contributed by atoms with Crippen molar-refractivity contribution in [2.45, 2.75) is 51.4 Å². The van der Waals surface area contributed by atoms with E-state index in [0.29, 0.717) is 5.92 Å². The maximum atomic E-state index is 4.90. The highest BCUT2D eigenvalue weighted by molar-refractivity contribution is 9.09. The zero-order valence-electron chi connectivity index (χ0n) is 13.7. The van der Waals surface area contributed by atoms with Gasteiger partial charge < -0.3 is 0 Å². The summed E-state index contributed by atoms with van der Waals surface area (Å²) in [6.07, 6.45) is 9.79. The molecule has 0 aliphatic heterocycles. The number of alkyl halides is 1. The average molecular weight is 371 g/mol. The van der Waals surface area contributed by atoms with Crippen molar-refractivity contribution in [2.75, 3.05) is 5.33 Å². The summed E-state index contributed by atoms with van der Waals surface area (Å²) in [6.45, 7) is 2.20. The number of hydrogen-bond donors (Lipinski definition) is 0. The number of nitrogens with zero attached hydrogens (tertiary/aromatic N) is 2. The minimum absolute atomic E-state index is 0.611. The molecule has 0 amide bonds. The van der Waals surface area contributed by atoms with Crippen molar-refractivity contribution in [3.63, 3.8) is 0 Å². The van der Waals surface area contributed by atoms with Crippen LogP contribution in [0.3, 0.4) is 0 Å². The molecule has 0 N–H and O–H groups in total. The molecule has 1 aliphatic carbocycles. The summed E-state index contributed by atoms with van der Waals surface area (Å²) < 4.78 is 2.47. The molecule has 0 spiro atoms. The lowest BCUT2D eigenvalue weighted by Gasteiger charge is -2.23. The molecule has 0 unspecified atom stereocenters. The van der Waals surface area contributed by atoms with E-state index in [1.807, 2.05) is 0 Å². The third kappa shape index (κ3) is 2.50. The molecule has 4 rings (SSSR count). The van der Waals surface area contributed by atoms with E-state index in [4.69, 9.17) is 4.98 Å². The molecule has 2 heterocycles. The van der Waals surface area contributed by atoms with Gasteiger partial charge in [0.2, 0.25) is 0 Å². The Morgan fingerprint density at radius 3 is 2.74 bits per heavy atom. The Morgan fingerprint density at radius 1 is 1.17 bits per heavy atom. The topological polar surface area (TPSA) is 17.3 Å². The minimum atomic E-state index is 0.611. The summed E-state index contributed by atoms with van der Waals surface area (Å²) in [7, 11) is 0. The first-order chi connectivity index (χ1) is 11.3. The van der Waals surface area contributed by atoms with Gasteiger partial charge in [-0.25, -0.2) is 4.98 Å². The van der Waals surface area contributed by atoms with Gasteiger partial charge in [0.05, 0.1) is 11.0 Å². The van der Waals surface area contributed by atoms with Gasteiger partial charge in [-0.3, -0.25) is 4.40 Å². The Morgan fingerprint density at radius 2 is 1.96 bits per heavy atom. The molecule has 23 heavy (non-hydrogen) atoms. The monoisotopic (exact) mass is 370 g/mol. The van der Waals surface area contributed by atoms with Gasteiger partial charge in [0.25, 0.3) is 0 Å². The molecule has 3 aromatic rings. The Labute approximate surface area is 146 Å². The molecule has 0 bridgehead atoms. The van der Waals surface area contributed by atoms with Gasteiger partial charge in [0, 0.05) is 22.8 Å². The van der Waals surface area contributed by atoms with Crippen LogP contribution in [0.4, 0.5) is 0 Å². The summed E-state index contributed by atoms with van der Waals surface area (Å²) in [5.74, 6) is 1.89. The number of rotatable bonds is 3. The fourth-order valence-corrected chi connectivity index (χ4v) is 4.63. The van der Waals surface area contributed by atoms with E-state index in [1.54, 1.807) is 0 Å². The van der Waals surface area contributed by atoms with Crippen molar-refractivity contribution >= 4 is 32.3 Å². The van der Waals surface area contributed by atoms with E-state index < -0.39 is 0 Å². The molecule has 1 saturated carbocycles. The van der Waals surface area contributed by atoms with Gasteiger partial charge in [0.1, 0.15) is 5.82 Å². The lowest BCUT2D eigenvalue weighted by Crippen LogP contribution is -2.12. The van der Waals surface area contributed by atoms with Gasteiger partial charge in [-0.1, -0.05) is 53.4 Å². The number of aromatic nitrogens is 2. The summed E-state index contributed by atoms with van der Waals surface area (Å²) >= 11 is 3.64. The second-order valence-corrected chi connectivity index (χ2v) is 7.55. The van der Waals surface area contributed by atoms with Gasteiger partial charge in [-0.2, -0.15) is 0 Å². The van der Waals surface area contributed by atoms with Gasteiger partial charge in [-0.05, 0) is 43.4 Å². The number of benzene rings is 1. The predicted molar refractivity (Wildman–Crippen MR) is 101 cm³/mol. The number of aryl methyl sites for hydroxylation is 2. The molecule has 0 saturated heterocycles. The zero-order valence-corrected chi connectivity index (χ0v) is 15.3. The van der Waals surface area contributed by atoms with Crippen LogP contribution in [0.1, 0.15) is 55.0 Å². The standard InChI is InChI=1S/C20H23BrN2/c1-14-13-22-20(15-7-3-2-4-8-15)23-18-10-6-5-9-16(18)17(11-12-21)19(14)23/h5-6,9-10,13,15H,2-4,7-8,11-12H2,1H3. The van der Waals surface area contributed by atoms with Crippen molar-refractivity contribution in [1.29, 1.82) is 0 Å². The van der Waals surface area contributed by atoms with Crippen LogP contribution >= 0.6 is 15.9 Å². The van der Waals surface area contributed by atoms with Crippen LogP contribution < -0.4 is 0 Å². The Kier molecular flexibility index (Phi) is 4.14. The van der Waals surface area contributed by atoms with Crippen molar-refractivity contribution in [2.24, 2.45) is 0 Å². The third-order valence-corrected chi connectivity index (χ3v) is 5.68. The third-order valence-electron chi connectivity index (χ3n) is 5.29. The van der Waals surface area contributed by atoms with Gasteiger partial charge >= 0.3 is 0 Å². The molecule has 3 heteroatoms. The molecule has 2 nitrogen and oxygen atoms in total. The smallest absolute Gasteiger partial charge is 0.116 e. The highest BCUT2D eigenvalue weighted by atomic mass is 79.9. The van der Waals surface area contributed by atoms with Crippen LogP contribution in [-0.4, -0.2) is 14.7 Å². The molecule has 0 radical (unpaired) electrons. The normalized spacial score (nSPS) is 16.4. The maximum absolute atomic E-state index is 4.90. The van der Waals surface area contributed by atoms with Crippen molar-refractivity contribution < 1.29 is 0 Å². The highest BCUT2D eigenvalue weighted by Gasteiger charge is 2.23. The number of para-hydroxylation sites is 1. The summed E-state index contributed by atoms with van der Waals surface area (Å²) in [5.41, 5.74) is 5.47. The van der Waals surface area contributed by atoms with Crippen LogP contribution in [-0.2, 0) is 6.42 Å². The molecule has 120 valence electrons. The summed E-state index contributed by atoms with van der Waals surface area (Å²) in [6, 6.07) is 8.83. The van der Waals surface area contributed by atoms with E-state index in [1.165, 1.54) is 65.5 Å². The zero-order chi connectivity index (χ0) is 15.8. The van der Waals surface area contributed by atoms with E-state index in [-0.39, 0.29) is 0 Å². The molecule has 1 aromatic carbocycles. The number of halogens is 1. The maximum Gasteiger partial charge on any atom is 0.116 e. The van der Waals surface area contributed by atoms with Gasteiger partial charge in [-0.15, -0.1) is 0 Å². The number of fused-ring (bicyclic) bond motifs is 3. The van der Waals surface area contributed by atoms with Crippen LogP contribution in [0.5, 0.6) is 0 Å². The second kappa shape index (κ2) is 6.27. The Balaban J connectivity index is 2.05. The van der Waals surface area contributed by atoms with Crippen molar-refractivity contribution in [3.8, 4) is 0 Å². The molecular formula is C20H23BrN2. The van der Waals surface area contributed by atoms with Crippen molar-refractivity contribution in [3.05, 3.63) is 47.4 Å². The molecule has 1 fully saturated rings. The molecule has 2 aromatic heterocycles. The predicted octanol–water partition coefficient (Wildman–Crippen LogP) is 5.78. The molecule has 1 aliphatic rings. The first-order valence-corrected chi connectivity index (χ1v) is 9.87. The Bertz CT molecular complexity index is 844. The molecular weight excluding hydrogens is 348 g/mol. The van der Waals surface area contributed by atoms with Crippen LogP contribution in [0.15, 0.2) is 30.5 Å². The highest BCUT2D eigenvalue weighted by Crippen LogP contribution is 2.36. The van der Waals surface area contributed by atoms with E-state index in [2.05, 4.69) is 57.7 Å². The SMILES string of the molecule is Cc1cnc(C2CCCCC2)n2c1c(CCBr)c1ccccc12. The van der Waals surface area contributed by atoms with Crippen molar-refractivity contribution in [1.82, 2.24) is 9.38 Å². The summed E-state index contributed by atoms with van der Waals surface area (Å²) in [4.78, 5) is 4.90. The first-order valence-electron chi connectivity index (χ1n) is 8.74. The molecule has 0 atom stereocenters. The lowest BCUT2D eigenvalue weighted by atomic mass is 9.88. The summed E-state index contributed by atoms with van der Waals surface area (Å²) in [5, 5.41) is 2.39. The van der Waals surface area contributed by atoms with Crippen LogP contribution in [0, 0.1) is 6.92 Å².